The van der Waals surface area contributed by atoms with E-state index in [9.17, 15) is 0 Å². The van der Waals surface area contributed by atoms with Crippen LogP contribution in [0.15, 0.2) is 243 Å². The van der Waals surface area contributed by atoms with Crippen LogP contribution in [0, 0.1) is 0 Å². The zero-order valence-electron chi connectivity index (χ0n) is 36.3. The minimum absolute atomic E-state index is 0.875. The summed E-state index contributed by atoms with van der Waals surface area (Å²) in [5, 5.41) is 9.61. The second-order valence-electron chi connectivity index (χ2n) is 17.4. The Hall–Kier alpha value is -8.78. The average Bonchev–Trinajstić information content (AvgIpc) is 4.13. The van der Waals surface area contributed by atoms with Gasteiger partial charge in [-0.1, -0.05) is 170 Å². The molecule has 0 amide bonds. The third-order valence-electron chi connectivity index (χ3n) is 13.9. The Labute approximate surface area is 386 Å². The molecule has 14 rings (SSSR count). The molecule has 0 bridgehead atoms. The van der Waals surface area contributed by atoms with Crippen LogP contribution in [0.1, 0.15) is 0 Å². The van der Waals surface area contributed by atoms with E-state index in [-0.39, 0.29) is 0 Å². The molecule has 314 valence electrons. The van der Waals surface area contributed by atoms with Crippen molar-refractivity contribution in [3.63, 3.8) is 0 Å². The van der Waals surface area contributed by atoms with Crippen molar-refractivity contribution in [1.29, 1.82) is 0 Å². The predicted octanol–water partition coefficient (Wildman–Crippen LogP) is 11.4. The fourth-order valence-corrected chi connectivity index (χ4v) is 15.7. The van der Waals surface area contributed by atoms with Gasteiger partial charge in [-0.2, -0.15) is 0 Å². The first-order valence-electron chi connectivity index (χ1n) is 22.8. The molecule has 0 aliphatic rings. The summed E-state index contributed by atoms with van der Waals surface area (Å²) in [6.07, 6.45) is 0. The summed E-state index contributed by atoms with van der Waals surface area (Å²) in [5.41, 5.74) is 10.9. The quantitative estimate of drug-likeness (QED) is 0.118. The minimum Gasteiger partial charge on any atom is -0.309 e. The van der Waals surface area contributed by atoms with Gasteiger partial charge in [0, 0.05) is 38.6 Å². The molecule has 0 N–H and O–H groups in total. The van der Waals surface area contributed by atoms with Crippen molar-refractivity contribution in [2.24, 2.45) is 0 Å². The van der Waals surface area contributed by atoms with Gasteiger partial charge < -0.3 is 4.57 Å². The highest BCUT2D eigenvalue weighted by molar-refractivity contribution is 7.19. The van der Waals surface area contributed by atoms with Crippen LogP contribution in [0.5, 0.6) is 0 Å². The monoisotopic (exact) mass is 872 g/mol. The first-order chi connectivity index (χ1) is 33.3. The van der Waals surface area contributed by atoms with E-state index in [1.165, 1.54) is 31.7 Å². The molecule has 0 fully saturated rings. The average molecular weight is 873 g/mol. The van der Waals surface area contributed by atoms with E-state index in [1.54, 1.807) is 0 Å². The van der Waals surface area contributed by atoms with Crippen molar-refractivity contribution in [1.82, 2.24) is 28.1 Å². The van der Waals surface area contributed by atoms with Crippen molar-refractivity contribution in [2.75, 3.05) is 0 Å². The lowest BCUT2D eigenvalue weighted by Gasteiger charge is -2.34. The molecule has 0 atom stereocenters. The Balaban J connectivity index is 1.10. The van der Waals surface area contributed by atoms with Crippen molar-refractivity contribution >= 4 is 100 Å². The summed E-state index contributed by atoms with van der Waals surface area (Å²) < 4.78 is 9.44. The zero-order valence-corrected chi connectivity index (χ0v) is 37.3. The van der Waals surface area contributed by atoms with Gasteiger partial charge in [-0.25, -0.2) is 9.97 Å². The standard InChI is InChI=1S/C60H40N6Si/c1-4-20-43(21-5-1)67(44-22-6-2-7-23-44,45-24-8-3-9-25-45)59-40-42(39-58(62-59)65-52-31-15-10-26-46(52)47-27-11-16-32-53(47)65)63-51-30-14-12-28-48(51)49-38-41(36-37-54(49)63)64-56-34-18-19-35-57(56)66-55-33-17-13-29-50(55)61-60(64)66/h1-40H. The van der Waals surface area contributed by atoms with E-state index in [0.29, 0.717) is 0 Å². The lowest BCUT2D eigenvalue weighted by atomic mass is 10.1. The molecule has 0 unspecified atom stereocenters. The number of hydrogen-bond donors (Lipinski definition) is 0. The molecule has 0 aliphatic carbocycles. The second kappa shape index (κ2) is 14.6. The van der Waals surface area contributed by atoms with E-state index in [2.05, 4.69) is 261 Å². The minimum atomic E-state index is -3.12. The lowest BCUT2D eigenvalue weighted by Crippen LogP contribution is -2.75. The van der Waals surface area contributed by atoms with Crippen LogP contribution in [-0.4, -0.2) is 36.1 Å². The molecule has 0 aliphatic heterocycles. The number of para-hydroxylation sites is 7. The van der Waals surface area contributed by atoms with Crippen LogP contribution in [0.4, 0.5) is 0 Å². The van der Waals surface area contributed by atoms with Gasteiger partial charge in [0.05, 0.1) is 49.8 Å². The van der Waals surface area contributed by atoms with E-state index >= 15 is 0 Å². The molecule has 0 spiro atoms. The molecule has 5 heterocycles. The van der Waals surface area contributed by atoms with Gasteiger partial charge in [-0.15, -0.1) is 0 Å². The fourth-order valence-electron chi connectivity index (χ4n) is 11.1. The molecule has 7 heteroatoms. The number of rotatable bonds is 7. The second-order valence-corrected chi connectivity index (χ2v) is 21.1. The van der Waals surface area contributed by atoms with Gasteiger partial charge in [-0.3, -0.25) is 13.5 Å². The molecule has 6 nitrogen and oxygen atoms in total. The maximum absolute atomic E-state index is 5.97. The van der Waals surface area contributed by atoms with Crippen molar-refractivity contribution in [3.8, 4) is 17.2 Å². The summed E-state index contributed by atoms with van der Waals surface area (Å²) in [6.45, 7) is 0. The van der Waals surface area contributed by atoms with E-state index < -0.39 is 8.07 Å². The van der Waals surface area contributed by atoms with Crippen LogP contribution in [0.3, 0.4) is 0 Å². The maximum Gasteiger partial charge on any atom is 0.220 e. The summed E-state index contributed by atoms with van der Waals surface area (Å²) in [5.74, 6) is 1.77. The maximum atomic E-state index is 5.97. The number of pyridine rings is 1. The Kier molecular flexibility index (Phi) is 8.20. The Morgan fingerprint density at radius 3 is 1.36 bits per heavy atom. The summed E-state index contributed by atoms with van der Waals surface area (Å²) >= 11 is 0. The highest BCUT2D eigenvalue weighted by atomic mass is 28.3. The molecule has 0 saturated carbocycles. The largest absolute Gasteiger partial charge is 0.309 e. The van der Waals surface area contributed by atoms with Gasteiger partial charge in [0.2, 0.25) is 13.9 Å². The van der Waals surface area contributed by atoms with Gasteiger partial charge in [-0.05, 0) is 82.3 Å². The Morgan fingerprint density at radius 1 is 0.299 bits per heavy atom. The van der Waals surface area contributed by atoms with Crippen molar-refractivity contribution in [2.45, 2.75) is 0 Å². The summed E-state index contributed by atoms with van der Waals surface area (Å²) in [7, 11) is -3.12. The molecule has 5 aromatic heterocycles. The molecular weight excluding hydrogens is 833 g/mol. The van der Waals surface area contributed by atoms with Gasteiger partial charge in [0.25, 0.3) is 0 Å². The van der Waals surface area contributed by atoms with Crippen LogP contribution in [0.25, 0.3) is 88.6 Å². The summed E-state index contributed by atoms with van der Waals surface area (Å²) in [6, 6.07) is 88.3. The third-order valence-corrected chi connectivity index (χ3v) is 18.5. The summed E-state index contributed by atoms with van der Waals surface area (Å²) in [4.78, 5) is 11.2. The van der Waals surface area contributed by atoms with E-state index in [0.717, 1.165) is 77.8 Å². The molecule has 14 aromatic rings. The SMILES string of the molecule is c1ccc([Si](c2ccccc2)(c2ccccc2)c2cc(-n3c4ccccc4c4cc(-n5c6ccccc6n6c7ccccc7nc56)ccc43)cc(-n3c4ccccc4c4ccccc43)n2)cc1. The third kappa shape index (κ3) is 5.43. The molecule has 9 aromatic carbocycles. The fraction of sp³-hybridized carbons (Fsp3) is 0. The molecule has 0 saturated heterocycles. The number of hydrogen-bond acceptors (Lipinski definition) is 2. The predicted molar refractivity (Wildman–Crippen MR) is 280 cm³/mol. The number of aromatic nitrogens is 6. The van der Waals surface area contributed by atoms with Gasteiger partial charge in [0.1, 0.15) is 5.82 Å². The number of imidazole rings is 2. The van der Waals surface area contributed by atoms with Crippen LogP contribution in [0.2, 0.25) is 0 Å². The van der Waals surface area contributed by atoms with E-state index in [4.69, 9.17) is 9.97 Å². The highest BCUT2D eigenvalue weighted by Crippen LogP contribution is 2.37. The smallest absolute Gasteiger partial charge is 0.220 e. The molecule has 0 radical (unpaired) electrons. The molecular formula is C60H40N6Si. The Morgan fingerprint density at radius 2 is 0.761 bits per heavy atom. The normalized spacial score (nSPS) is 12.2. The van der Waals surface area contributed by atoms with Crippen LogP contribution < -0.4 is 20.9 Å². The molecule has 67 heavy (non-hydrogen) atoms. The first kappa shape index (κ1) is 37.6. The Bertz CT molecular complexity index is 4070. The first-order valence-corrected chi connectivity index (χ1v) is 24.8. The van der Waals surface area contributed by atoms with Crippen molar-refractivity contribution < 1.29 is 0 Å². The van der Waals surface area contributed by atoms with Gasteiger partial charge in [0.15, 0.2) is 0 Å². The number of benzene rings is 9. The van der Waals surface area contributed by atoms with Crippen LogP contribution >= 0.6 is 0 Å². The number of fused-ring (bicyclic) bond motifs is 11. The topological polar surface area (TPSA) is 45.0 Å². The number of nitrogens with zero attached hydrogens (tertiary/aromatic N) is 6. The lowest BCUT2D eigenvalue weighted by molar-refractivity contribution is 1.07. The van der Waals surface area contributed by atoms with Crippen LogP contribution in [-0.2, 0) is 0 Å². The highest BCUT2D eigenvalue weighted by Gasteiger charge is 2.43. The zero-order chi connectivity index (χ0) is 44.1. The van der Waals surface area contributed by atoms with Crippen molar-refractivity contribution in [3.05, 3.63) is 243 Å². The van der Waals surface area contributed by atoms with Gasteiger partial charge >= 0.3 is 0 Å². The van der Waals surface area contributed by atoms with E-state index in [1.807, 2.05) is 0 Å².